The zero-order valence-electron chi connectivity index (χ0n) is 17.5. The van der Waals surface area contributed by atoms with Crippen LogP contribution in [0.4, 0.5) is 0 Å². The maximum Gasteiger partial charge on any atom is -0.00988 e. The average Bonchev–Trinajstić information content (AvgIpc) is 2.68. The molecule has 1 fully saturated rings. The topological polar surface area (TPSA) is 0 Å². The molecule has 0 nitrogen and oxygen atoms in total. The van der Waals surface area contributed by atoms with Crippen LogP contribution in [0.5, 0.6) is 0 Å². The Morgan fingerprint density at radius 2 is 1.46 bits per heavy atom. The lowest BCUT2D eigenvalue weighted by atomic mass is 9.84. The third kappa shape index (κ3) is 3.33. The lowest BCUT2D eigenvalue weighted by Gasteiger charge is -2.21. The van der Waals surface area contributed by atoms with Gasteiger partial charge in [0, 0.05) is 0 Å². The summed E-state index contributed by atoms with van der Waals surface area (Å²) in [7, 11) is 0. The minimum atomic E-state index is 0.789. The lowest BCUT2D eigenvalue weighted by molar-refractivity contribution is 0.389. The van der Waals surface area contributed by atoms with Crippen molar-refractivity contribution in [3.8, 4) is 0 Å². The fourth-order valence-electron chi connectivity index (χ4n) is 4.22. The van der Waals surface area contributed by atoms with Gasteiger partial charge < -0.3 is 0 Å². The van der Waals surface area contributed by atoms with Gasteiger partial charge in [0.25, 0.3) is 0 Å². The summed E-state index contributed by atoms with van der Waals surface area (Å²) < 4.78 is 0. The molecule has 0 heterocycles. The van der Waals surface area contributed by atoms with Crippen LogP contribution in [0.2, 0.25) is 0 Å². The van der Waals surface area contributed by atoms with Gasteiger partial charge in [-0.25, -0.2) is 0 Å². The third-order valence-corrected chi connectivity index (χ3v) is 6.07. The smallest absolute Gasteiger partial charge is 0.00988 e. The second-order valence-corrected chi connectivity index (χ2v) is 7.93. The van der Waals surface area contributed by atoms with E-state index in [4.69, 9.17) is 0 Å². The minimum absolute atomic E-state index is 0.789. The molecule has 5 rings (SSSR count). The van der Waals surface area contributed by atoms with E-state index in [1.165, 1.54) is 68.3 Å². The summed E-state index contributed by atoms with van der Waals surface area (Å²) in [6.45, 7) is 8.39. The van der Waals surface area contributed by atoms with Crippen LogP contribution in [0.3, 0.4) is 0 Å². The van der Waals surface area contributed by atoms with E-state index in [-0.39, 0.29) is 0 Å². The van der Waals surface area contributed by atoms with E-state index in [2.05, 4.69) is 80.6 Å². The molecule has 1 saturated carbocycles. The SMILES string of the molecule is CC.Cc1ccc2cc3c(ccc4c(/C=C\C5CCC5)c(C)ccc43)cc2c1. The number of hydrogen-bond donors (Lipinski definition) is 0. The Morgan fingerprint density at radius 1 is 0.714 bits per heavy atom. The number of aryl methyl sites for hydroxylation is 2. The van der Waals surface area contributed by atoms with E-state index in [1.54, 1.807) is 0 Å². The van der Waals surface area contributed by atoms with Crippen molar-refractivity contribution in [1.29, 1.82) is 0 Å². The van der Waals surface area contributed by atoms with Crippen molar-refractivity contribution >= 4 is 38.4 Å². The molecule has 0 amide bonds. The van der Waals surface area contributed by atoms with Crippen molar-refractivity contribution in [3.05, 3.63) is 77.4 Å². The highest BCUT2D eigenvalue weighted by atomic mass is 14.2. The molecule has 0 radical (unpaired) electrons. The number of allylic oxidation sites excluding steroid dienone is 1. The normalized spacial score (nSPS) is 14.4. The van der Waals surface area contributed by atoms with Gasteiger partial charge >= 0.3 is 0 Å². The zero-order chi connectivity index (χ0) is 19.7. The summed E-state index contributed by atoms with van der Waals surface area (Å²) in [4.78, 5) is 0. The van der Waals surface area contributed by atoms with Gasteiger partial charge in [-0.15, -0.1) is 0 Å². The van der Waals surface area contributed by atoms with Crippen LogP contribution in [-0.4, -0.2) is 0 Å². The van der Waals surface area contributed by atoms with E-state index in [9.17, 15) is 0 Å². The Morgan fingerprint density at radius 3 is 2.21 bits per heavy atom. The van der Waals surface area contributed by atoms with E-state index in [1.807, 2.05) is 13.8 Å². The summed E-state index contributed by atoms with van der Waals surface area (Å²) in [6.07, 6.45) is 8.90. The number of fused-ring (bicyclic) bond motifs is 4. The molecule has 0 bridgehead atoms. The minimum Gasteiger partial charge on any atom is -0.0808 e. The van der Waals surface area contributed by atoms with Crippen LogP contribution in [0.15, 0.2) is 60.7 Å². The van der Waals surface area contributed by atoms with Gasteiger partial charge in [-0.3, -0.25) is 0 Å². The van der Waals surface area contributed by atoms with Gasteiger partial charge in [0.05, 0.1) is 0 Å². The monoisotopic (exact) mass is 366 g/mol. The molecule has 0 aliphatic heterocycles. The molecule has 0 saturated heterocycles. The van der Waals surface area contributed by atoms with E-state index in [0.717, 1.165) is 5.92 Å². The van der Waals surface area contributed by atoms with Gasteiger partial charge in [0.2, 0.25) is 0 Å². The molecule has 142 valence electrons. The van der Waals surface area contributed by atoms with Crippen molar-refractivity contribution in [2.24, 2.45) is 5.92 Å². The van der Waals surface area contributed by atoms with Gasteiger partial charge in [-0.05, 0) is 88.2 Å². The van der Waals surface area contributed by atoms with Crippen molar-refractivity contribution in [1.82, 2.24) is 0 Å². The summed E-state index contributed by atoms with van der Waals surface area (Å²) in [5, 5.41) is 8.07. The van der Waals surface area contributed by atoms with E-state index in [0.29, 0.717) is 0 Å². The number of rotatable bonds is 2. The first kappa shape index (κ1) is 18.7. The molecule has 4 aromatic rings. The zero-order valence-corrected chi connectivity index (χ0v) is 17.5. The number of hydrogen-bond acceptors (Lipinski definition) is 0. The van der Waals surface area contributed by atoms with Crippen LogP contribution in [0, 0.1) is 19.8 Å². The molecule has 28 heavy (non-hydrogen) atoms. The van der Waals surface area contributed by atoms with Crippen LogP contribution in [0.1, 0.15) is 49.8 Å². The molecule has 0 spiro atoms. The molecule has 0 N–H and O–H groups in total. The highest BCUT2D eigenvalue weighted by Crippen LogP contribution is 2.34. The Hall–Kier alpha value is -2.60. The maximum atomic E-state index is 2.43. The predicted molar refractivity (Wildman–Crippen MR) is 126 cm³/mol. The largest absolute Gasteiger partial charge is 0.0808 e. The van der Waals surface area contributed by atoms with Gasteiger partial charge in [0.1, 0.15) is 0 Å². The Labute approximate surface area is 168 Å². The second-order valence-electron chi connectivity index (χ2n) is 7.93. The van der Waals surface area contributed by atoms with Crippen LogP contribution in [0.25, 0.3) is 38.4 Å². The van der Waals surface area contributed by atoms with Crippen molar-refractivity contribution < 1.29 is 0 Å². The first-order chi connectivity index (χ1) is 13.7. The Balaban J connectivity index is 0.000000932. The highest BCUT2D eigenvalue weighted by molar-refractivity contribution is 6.14. The maximum absolute atomic E-state index is 2.43. The molecule has 1 aliphatic carbocycles. The van der Waals surface area contributed by atoms with Crippen LogP contribution < -0.4 is 0 Å². The van der Waals surface area contributed by atoms with E-state index < -0.39 is 0 Å². The predicted octanol–water partition coefficient (Wildman–Crippen LogP) is 8.60. The molecular formula is C28H30. The highest BCUT2D eigenvalue weighted by Gasteiger charge is 2.14. The Bertz CT molecular complexity index is 1170. The molecule has 0 atom stereocenters. The molecule has 0 aromatic heterocycles. The van der Waals surface area contributed by atoms with Crippen LogP contribution in [-0.2, 0) is 0 Å². The van der Waals surface area contributed by atoms with Crippen LogP contribution >= 0.6 is 0 Å². The van der Waals surface area contributed by atoms with Crippen molar-refractivity contribution in [2.45, 2.75) is 47.0 Å². The second kappa shape index (κ2) is 7.80. The van der Waals surface area contributed by atoms with Crippen molar-refractivity contribution in [3.63, 3.8) is 0 Å². The van der Waals surface area contributed by atoms with Crippen molar-refractivity contribution in [2.75, 3.05) is 0 Å². The van der Waals surface area contributed by atoms with Gasteiger partial charge in [0.15, 0.2) is 0 Å². The average molecular weight is 367 g/mol. The first-order valence-electron chi connectivity index (χ1n) is 10.7. The molecule has 0 heteroatoms. The standard InChI is InChI=1S/C26H24.C2H6/c1-17-6-9-20-16-26-21(15-22(20)14-17)10-13-24-23(12-8-19-4-3-5-19)18(2)7-11-25(24)26;1-2/h6-16,19H,3-5H2,1-2H3;1-2H3/b12-8-;. The summed E-state index contributed by atoms with van der Waals surface area (Å²) in [5.74, 6) is 0.789. The first-order valence-corrected chi connectivity index (χ1v) is 10.7. The Kier molecular flexibility index (Phi) is 5.22. The van der Waals surface area contributed by atoms with Gasteiger partial charge in [-0.2, -0.15) is 0 Å². The quantitative estimate of drug-likeness (QED) is 0.246. The molecule has 4 aromatic carbocycles. The molecule has 0 unspecified atom stereocenters. The third-order valence-electron chi connectivity index (χ3n) is 6.07. The van der Waals surface area contributed by atoms with E-state index >= 15 is 0 Å². The fraction of sp³-hybridized carbons (Fsp3) is 0.286. The summed E-state index contributed by atoms with van der Waals surface area (Å²) in [5.41, 5.74) is 4.07. The lowest BCUT2D eigenvalue weighted by Crippen LogP contribution is -2.06. The van der Waals surface area contributed by atoms with Gasteiger partial charge in [-0.1, -0.05) is 80.4 Å². The fourth-order valence-corrected chi connectivity index (χ4v) is 4.22. The summed E-state index contributed by atoms with van der Waals surface area (Å²) in [6, 6.07) is 20.6. The number of benzene rings is 4. The molecular weight excluding hydrogens is 336 g/mol. The summed E-state index contributed by atoms with van der Waals surface area (Å²) >= 11 is 0. The molecule has 1 aliphatic rings.